The first-order valence-corrected chi connectivity index (χ1v) is 6.61. The van der Waals surface area contributed by atoms with E-state index >= 15 is 0 Å². The maximum Gasteiger partial charge on any atom is 0.119 e. The van der Waals surface area contributed by atoms with Gasteiger partial charge in [-0.25, -0.2) is 0 Å². The average molecular weight is 249 g/mol. The van der Waals surface area contributed by atoms with Crippen LogP contribution in [0, 0.1) is 0 Å². The third-order valence-corrected chi connectivity index (χ3v) is 2.62. The number of methoxy groups -OCH3 is 1. The van der Waals surface area contributed by atoms with Crippen LogP contribution in [0.25, 0.3) is 5.57 Å². The quantitative estimate of drug-likeness (QED) is 0.779. The van der Waals surface area contributed by atoms with Crippen LogP contribution in [0.2, 0.25) is 0 Å². The van der Waals surface area contributed by atoms with Gasteiger partial charge < -0.3 is 9.64 Å². The summed E-state index contributed by atoms with van der Waals surface area (Å²) in [6.45, 7) is 7.15. The van der Waals surface area contributed by atoms with Crippen LogP contribution in [0.15, 0.2) is 30.3 Å². The number of rotatable bonds is 5. The Labute approximate surface area is 112 Å². The lowest BCUT2D eigenvalue weighted by Gasteiger charge is -2.13. The van der Waals surface area contributed by atoms with Crippen molar-refractivity contribution in [3.8, 4) is 5.75 Å². The molecule has 0 N–H and O–H groups in total. The molecule has 0 bridgehead atoms. The van der Waals surface area contributed by atoms with Gasteiger partial charge in [0.1, 0.15) is 5.75 Å². The van der Waals surface area contributed by atoms with E-state index in [0.29, 0.717) is 0 Å². The number of ether oxygens (including phenoxy) is 1. The topological polar surface area (TPSA) is 12.5 Å². The van der Waals surface area contributed by atoms with Crippen molar-refractivity contribution < 1.29 is 4.74 Å². The number of allylic oxidation sites excluding steroid dienone is 1. The Morgan fingerprint density at radius 2 is 1.94 bits per heavy atom. The van der Waals surface area contributed by atoms with Crippen molar-refractivity contribution in [2.45, 2.75) is 27.2 Å². The maximum atomic E-state index is 5.24. The predicted octanol–water partition coefficient (Wildman–Crippen LogP) is 4.08. The van der Waals surface area contributed by atoms with Crippen molar-refractivity contribution in [2.24, 2.45) is 0 Å². The molecule has 1 aromatic carbocycles. The van der Waals surface area contributed by atoms with Gasteiger partial charge in [-0.15, -0.1) is 0 Å². The molecule has 0 aromatic heterocycles. The van der Waals surface area contributed by atoms with E-state index < -0.39 is 0 Å². The lowest BCUT2D eigenvalue weighted by atomic mass is 10.0. The fraction of sp³-hybridized carbons (Fsp3) is 0.500. The number of benzene rings is 1. The highest BCUT2D eigenvalue weighted by Gasteiger charge is 2.02. The van der Waals surface area contributed by atoms with E-state index in [2.05, 4.69) is 44.1 Å². The molecule has 0 amide bonds. The number of hydrogen-bond acceptors (Lipinski definition) is 2. The van der Waals surface area contributed by atoms with Crippen molar-refractivity contribution in [1.82, 2.24) is 4.90 Å². The Balaban J connectivity index is 0.00000137. The highest BCUT2D eigenvalue weighted by atomic mass is 16.5. The molecule has 0 fully saturated rings. The normalized spacial score (nSPS) is 10.9. The summed E-state index contributed by atoms with van der Waals surface area (Å²) in [6.07, 6.45) is 3.24. The van der Waals surface area contributed by atoms with Crippen LogP contribution in [0.3, 0.4) is 0 Å². The van der Waals surface area contributed by atoms with E-state index in [9.17, 15) is 0 Å². The maximum absolute atomic E-state index is 5.24. The smallest absolute Gasteiger partial charge is 0.119 e. The Kier molecular flexibility index (Phi) is 9.03. The van der Waals surface area contributed by atoms with E-state index in [1.165, 1.54) is 11.1 Å². The molecule has 1 rings (SSSR count). The van der Waals surface area contributed by atoms with Crippen LogP contribution >= 0.6 is 0 Å². The van der Waals surface area contributed by atoms with Crippen molar-refractivity contribution in [1.29, 1.82) is 0 Å². The van der Waals surface area contributed by atoms with E-state index in [0.717, 1.165) is 18.7 Å². The van der Waals surface area contributed by atoms with Gasteiger partial charge in [0, 0.05) is 6.54 Å². The molecule has 0 atom stereocenters. The fourth-order valence-electron chi connectivity index (χ4n) is 1.62. The third-order valence-electron chi connectivity index (χ3n) is 2.62. The molecule has 1 aromatic rings. The minimum absolute atomic E-state index is 0.918. The first-order chi connectivity index (χ1) is 8.67. The molecule has 0 saturated heterocycles. The number of nitrogens with zero attached hydrogens (tertiary/aromatic N) is 1. The molecule has 0 aliphatic heterocycles. The van der Waals surface area contributed by atoms with Gasteiger partial charge in [0.25, 0.3) is 0 Å². The van der Waals surface area contributed by atoms with Gasteiger partial charge in [0.2, 0.25) is 0 Å². The lowest BCUT2D eigenvalue weighted by molar-refractivity contribution is 0.414. The zero-order valence-electron chi connectivity index (χ0n) is 12.7. The Bertz CT molecular complexity index is 356. The zero-order chi connectivity index (χ0) is 14.0. The van der Waals surface area contributed by atoms with Gasteiger partial charge in [-0.1, -0.05) is 32.1 Å². The monoisotopic (exact) mass is 249 g/mol. The van der Waals surface area contributed by atoms with Crippen LogP contribution in [0.4, 0.5) is 0 Å². The molecule has 0 unspecified atom stereocenters. The van der Waals surface area contributed by atoms with Gasteiger partial charge in [-0.05, 0) is 50.7 Å². The van der Waals surface area contributed by atoms with E-state index in [4.69, 9.17) is 4.74 Å². The summed E-state index contributed by atoms with van der Waals surface area (Å²) < 4.78 is 5.24. The average Bonchev–Trinajstić information content (AvgIpc) is 2.41. The second-order valence-electron chi connectivity index (χ2n) is 4.10. The summed E-state index contributed by atoms with van der Waals surface area (Å²) in [6, 6.07) is 8.23. The Hall–Kier alpha value is -1.28. The Morgan fingerprint density at radius 1 is 1.28 bits per heavy atom. The van der Waals surface area contributed by atoms with Gasteiger partial charge >= 0.3 is 0 Å². The minimum atomic E-state index is 0.918. The highest BCUT2D eigenvalue weighted by Crippen LogP contribution is 2.22. The molecule has 0 heterocycles. The molecule has 2 heteroatoms. The third kappa shape index (κ3) is 5.87. The lowest BCUT2D eigenvalue weighted by Crippen LogP contribution is -2.13. The summed E-state index contributed by atoms with van der Waals surface area (Å²) in [5.74, 6) is 0.918. The fourth-order valence-corrected chi connectivity index (χ4v) is 1.62. The summed E-state index contributed by atoms with van der Waals surface area (Å²) in [5.41, 5.74) is 2.62. The van der Waals surface area contributed by atoms with E-state index in [1.807, 2.05) is 26.0 Å². The first kappa shape index (κ1) is 16.7. The summed E-state index contributed by atoms with van der Waals surface area (Å²) >= 11 is 0. The van der Waals surface area contributed by atoms with E-state index in [1.54, 1.807) is 7.11 Å². The van der Waals surface area contributed by atoms with Crippen molar-refractivity contribution in [3.05, 3.63) is 35.9 Å². The van der Waals surface area contributed by atoms with Crippen molar-refractivity contribution >= 4 is 5.57 Å². The number of hydrogen-bond donors (Lipinski definition) is 0. The van der Waals surface area contributed by atoms with Crippen LogP contribution in [0.1, 0.15) is 32.8 Å². The minimum Gasteiger partial charge on any atom is -0.497 e. The van der Waals surface area contributed by atoms with E-state index in [-0.39, 0.29) is 0 Å². The highest BCUT2D eigenvalue weighted by molar-refractivity contribution is 5.66. The van der Waals surface area contributed by atoms with Crippen LogP contribution < -0.4 is 4.74 Å². The molecule has 0 spiro atoms. The molecule has 102 valence electrons. The van der Waals surface area contributed by atoms with Crippen molar-refractivity contribution in [2.75, 3.05) is 27.7 Å². The Morgan fingerprint density at radius 3 is 2.44 bits per heavy atom. The standard InChI is InChI=1S/C14H21NO.C2H6/c1-5-12(9-10-15(2)3)13-7-6-8-14(11-13)16-4;1-2/h5-8,11H,9-10H2,1-4H3;1-2H3/b12-5-;. The zero-order valence-corrected chi connectivity index (χ0v) is 12.7. The largest absolute Gasteiger partial charge is 0.497 e. The first-order valence-electron chi connectivity index (χ1n) is 6.61. The molecular weight excluding hydrogens is 222 g/mol. The predicted molar refractivity (Wildman–Crippen MR) is 81.2 cm³/mol. The van der Waals surface area contributed by atoms with Gasteiger partial charge in [0.05, 0.1) is 7.11 Å². The second kappa shape index (κ2) is 9.72. The van der Waals surface area contributed by atoms with Gasteiger partial charge in [-0.3, -0.25) is 0 Å². The van der Waals surface area contributed by atoms with Crippen LogP contribution in [-0.4, -0.2) is 32.6 Å². The molecule has 0 aliphatic carbocycles. The summed E-state index contributed by atoms with van der Waals surface area (Å²) in [5, 5.41) is 0. The summed E-state index contributed by atoms with van der Waals surface area (Å²) in [7, 11) is 5.89. The van der Waals surface area contributed by atoms with Gasteiger partial charge in [0.15, 0.2) is 0 Å². The SMILES string of the molecule is C/C=C(/CCN(C)C)c1cccc(OC)c1.CC. The molecule has 0 aliphatic rings. The molecule has 18 heavy (non-hydrogen) atoms. The van der Waals surface area contributed by atoms with Crippen LogP contribution in [-0.2, 0) is 0 Å². The second-order valence-corrected chi connectivity index (χ2v) is 4.10. The summed E-state index contributed by atoms with van der Waals surface area (Å²) in [4.78, 5) is 2.20. The molecule has 2 nitrogen and oxygen atoms in total. The molecule has 0 saturated carbocycles. The van der Waals surface area contributed by atoms with Crippen molar-refractivity contribution in [3.63, 3.8) is 0 Å². The van der Waals surface area contributed by atoms with Crippen LogP contribution in [0.5, 0.6) is 5.75 Å². The van der Waals surface area contributed by atoms with Gasteiger partial charge in [-0.2, -0.15) is 0 Å². The molecule has 0 radical (unpaired) electrons. The molecular formula is C16H27NO.